The van der Waals surface area contributed by atoms with E-state index in [1.54, 1.807) is 0 Å². The molecule has 0 aromatic heterocycles. The van der Waals surface area contributed by atoms with Crippen LogP contribution in [0.2, 0.25) is 0 Å². The molecule has 1 aliphatic carbocycles. The minimum absolute atomic E-state index is 0.213. The highest BCUT2D eigenvalue weighted by molar-refractivity contribution is 5.78. The molecule has 24 heavy (non-hydrogen) atoms. The van der Waals surface area contributed by atoms with Crippen molar-refractivity contribution in [3.8, 4) is 0 Å². The van der Waals surface area contributed by atoms with Crippen LogP contribution in [-0.4, -0.2) is 54.5 Å². The van der Waals surface area contributed by atoms with Crippen LogP contribution < -0.4 is 5.32 Å². The third kappa shape index (κ3) is 5.05. The van der Waals surface area contributed by atoms with E-state index in [2.05, 4.69) is 52.4 Å². The first kappa shape index (κ1) is 17.4. The van der Waals surface area contributed by atoms with E-state index in [1.165, 1.54) is 24.8 Å². The number of amides is 1. The van der Waals surface area contributed by atoms with E-state index in [-0.39, 0.29) is 5.91 Å². The van der Waals surface area contributed by atoms with Crippen molar-refractivity contribution in [2.75, 3.05) is 32.7 Å². The molecule has 0 unspecified atom stereocenters. The smallest absolute Gasteiger partial charge is 0.234 e. The number of rotatable bonds is 5. The normalized spacial score (nSPS) is 26.2. The molecule has 4 heteroatoms. The average molecular weight is 329 g/mol. The zero-order valence-electron chi connectivity index (χ0n) is 14.9. The molecule has 3 rings (SSSR count). The lowest BCUT2D eigenvalue weighted by Gasteiger charge is -2.35. The van der Waals surface area contributed by atoms with Gasteiger partial charge in [0.25, 0.3) is 0 Å². The SMILES string of the molecule is C[C@H]1CCCC[C@@H]1NC(=O)CN1CCN(Cc2ccccc2)CC1. The highest BCUT2D eigenvalue weighted by Gasteiger charge is 2.24. The van der Waals surface area contributed by atoms with Crippen LogP contribution in [0.4, 0.5) is 0 Å². The Morgan fingerprint density at radius 3 is 2.42 bits per heavy atom. The molecule has 2 fully saturated rings. The summed E-state index contributed by atoms with van der Waals surface area (Å²) in [4.78, 5) is 17.1. The summed E-state index contributed by atoms with van der Waals surface area (Å²) in [6.45, 7) is 7.90. The van der Waals surface area contributed by atoms with Gasteiger partial charge in [0.1, 0.15) is 0 Å². The molecule has 132 valence electrons. The molecule has 4 nitrogen and oxygen atoms in total. The fourth-order valence-electron chi connectivity index (χ4n) is 3.93. The second kappa shape index (κ2) is 8.63. The molecule has 1 saturated carbocycles. The molecular weight excluding hydrogens is 298 g/mol. The Balaban J connectivity index is 1.38. The number of piperazine rings is 1. The van der Waals surface area contributed by atoms with Crippen LogP contribution in [0.5, 0.6) is 0 Å². The first-order valence-corrected chi connectivity index (χ1v) is 9.49. The lowest BCUT2D eigenvalue weighted by atomic mass is 9.86. The maximum absolute atomic E-state index is 12.3. The lowest BCUT2D eigenvalue weighted by Crippen LogP contribution is -2.51. The summed E-state index contributed by atoms with van der Waals surface area (Å²) < 4.78 is 0. The van der Waals surface area contributed by atoms with Crippen molar-refractivity contribution < 1.29 is 4.79 Å². The zero-order chi connectivity index (χ0) is 16.8. The summed E-state index contributed by atoms with van der Waals surface area (Å²) in [5, 5.41) is 3.27. The number of hydrogen-bond acceptors (Lipinski definition) is 3. The Kier molecular flexibility index (Phi) is 6.27. The van der Waals surface area contributed by atoms with Crippen molar-refractivity contribution in [2.24, 2.45) is 5.92 Å². The van der Waals surface area contributed by atoms with Crippen LogP contribution in [0.25, 0.3) is 0 Å². The second-order valence-electron chi connectivity index (χ2n) is 7.47. The van der Waals surface area contributed by atoms with Crippen molar-refractivity contribution in [2.45, 2.75) is 45.2 Å². The number of carbonyl (C=O) groups is 1. The number of benzene rings is 1. The Morgan fingerprint density at radius 1 is 1.04 bits per heavy atom. The molecule has 1 heterocycles. The summed E-state index contributed by atoms with van der Waals surface area (Å²) in [5.41, 5.74) is 1.37. The van der Waals surface area contributed by atoms with Gasteiger partial charge in [-0.05, 0) is 24.3 Å². The standard InChI is InChI=1S/C20H31N3O/c1-17-7-5-6-10-19(17)21-20(24)16-23-13-11-22(12-14-23)15-18-8-3-2-4-9-18/h2-4,8-9,17,19H,5-7,10-16H2,1H3,(H,21,24)/t17-,19-/m0/s1. The van der Waals surface area contributed by atoms with E-state index in [1.807, 2.05) is 0 Å². The van der Waals surface area contributed by atoms with Crippen molar-refractivity contribution >= 4 is 5.91 Å². The van der Waals surface area contributed by atoms with Gasteiger partial charge in [0.2, 0.25) is 5.91 Å². The summed E-state index contributed by atoms with van der Waals surface area (Å²) in [6.07, 6.45) is 4.98. The Bertz CT molecular complexity index is 511. The van der Waals surface area contributed by atoms with Crippen LogP contribution in [0, 0.1) is 5.92 Å². The monoisotopic (exact) mass is 329 g/mol. The van der Waals surface area contributed by atoms with Crippen LogP contribution >= 0.6 is 0 Å². The van der Waals surface area contributed by atoms with E-state index in [0.29, 0.717) is 18.5 Å². The molecule has 1 aromatic carbocycles. The topological polar surface area (TPSA) is 35.6 Å². The van der Waals surface area contributed by atoms with E-state index in [9.17, 15) is 4.79 Å². The maximum atomic E-state index is 12.3. The first-order chi connectivity index (χ1) is 11.7. The van der Waals surface area contributed by atoms with Crippen LogP contribution in [0.1, 0.15) is 38.2 Å². The molecule has 2 aliphatic rings. The Morgan fingerprint density at radius 2 is 1.71 bits per heavy atom. The van der Waals surface area contributed by atoms with Gasteiger partial charge in [0.05, 0.1) is 6.54 Å². The molecule has 0 radical (unpaired) electrons. The van der Waals surface area contributed by atoms with E-state index in [0.717, 1.165) is 39.1 Å². The summed E-state index contributed by atoms with van der Waals surface area (Å²) in [5.74, 6) is 0.843. The second-order valence-corrected chi connectivity index (χ2v) is 7.47. The molecular formula is C20H31N3O. The molecule has 0 bridgehead atoms. The third-order valence-corrected chi connectivity index (χ3v) is 5.54. The van der Waals surface area contributed by atoms with Gasteiger partial charge in [-0.15, -0.1) is 0 Å². The van der Waals surface area contributed by atoms with Crippen molar-refractivity contribution in [3.05, 3.63) is 35.9 Å². The minimum atomic E-state index is 0.213. The fraction of sp³-hybridized carbons (Fsp3) is 0.650. The number of carbonyl (C=O) groups excluding carboxylic acids is 1. The molecule has 2 atom stereocenters. The predicted molar refractivity (Wildman–Crippen MR) is 97.7 cm³/mol. The zero-order valence-corrected chi connectivity index (χ0v) is 14.9. The largest absolute Gasteiger partial charge is 0.352 e. The van der Waals surface area contributed by atoms with Gasteiger partial charge in [-0.2, -0.15) is 0 Å². The number of hydrogen-bond donors (Lipinski definition) is 1. The van der Waals surface area contributed by atoms with Gasteiger partial charge < -0.3 is 5.32 Å². The molecule has 1 aliphatic heterocycles. The van der Waals surface area contributed by atoms with Crippen molar-refractivity contribution in [3.63, 3.8) is 0 Å². The van der Waals surface area contributed by atoms with Crippen LogP contribution in [0.3, 0.4) is 0 Å². The maximum Gasteiger partial charge on any atom is 0.234 e. The third-order valence-electron chi connectivity index (χ3n) is 5.54. The lowest BCUT2D eigenvalue weighted by molar-refractivity contribution is -0.124. The van der Waals surface area contributed by atoms with E-state index in [4.69, 9.17) is 0 Å². The minimum Gasteiger partial charge on any atom is -0.352 e. The average Bonchev–Trinajstić information content (AvgIpc) is 2.60. The molecule has 1 N–H and O–H groups in total. The predicted octanol–water partition coefficient (Wildman–Crippen LogP) is 2.50. The first-order valence-electron chi connectivity index (χ1n) is 9.49. The van der Waals surface area contributed by atoms with Crippen LogP contribution in [0.15, 0.2) is 30.3 Å². The number of nitrogens with zero attached hydrogens (tertiary/aromatic N) is 2. The Labute approximate surface area is 146 Å². The quantitative estimate of drug-likeness (QED) is 0.901. The highest BCUT2D eigenvalue weighted by atomic mass is 16.2. The van der Waals surface area contributed by atoms with Gasteiger partial charge in [0, 0.05) is 38.8 Å². The molecule has 1 amide bonds. The van der Waals surface area contributed by atoms with Gasteiger partial charge in [0.15, 0.2) is 0 Å². The van der Waals surface area contributed by atoms with Crippen molar-refractivity contribution in [1.82, 2.24) is 15.1 Å². The summed E-state index contributed by atoms with van der Waals surface area (Å²) >= 11 is 0. The van der Waals surface area contributed by atoms with Gasteiger partial charge in [-0.1, -0.05) is 50.1 Å². The fourth-order valence-corrected chi connectivity index (χ4v) is 3.93. The van der Waals surface area contributed by atoms with Gasteiger partial charge in [-0.3, -0.25) is 14.6 Å². The van der Waals surface area contributed by atoms with E-state index >= 15 is 0 Å². The van der Waals surface area contributed by atoms with Crippen LogP contribution in [-0.2, 0) is 11.3 Å². The molecule has 1 saturated heterocycles. The molecule has 1 aromatic rings. The number of nitrogens with one attached hydrogen (secondary N) is 1. The highest BCUT2D eigenvalue weighted by Crippen LogP contribution is 2.23. The van der Waals surface area contributed by atoms with Gasteiger partial charge in [-0.25, -0.2) is 0 Å². The van der Waals surface area contributed by atoms with Gasteiger partial charge >= 0.3 is 0 Å². The summed E-state index contributed by atoms with van der Waals surface area (Å²) in [7, 11) is 0. The van der Waals surface area contributed by atoms with Crippen molar-refractivity contribution in [1.29, 1.82) is 0 Å². The summed E-state index contributed by atoms with van der Waals surface area (Å²) in [6, 6.07) is 11.0. The van der Waals surface area contributed by atoms with E-state index < -0.39 is 0 Å². The molecule has 0 spiro atoms. The Hall–Kier alpha value is -1.39.